The number of nitrogens with zero attached hydrogens (tertiary/aromatic N) is 1. The van der Waals surface area contributed by atoms with Crippen LogP contribution in [0.4, 0.5) is 0 Å². The van der Waals surface area contributed by atoms with Crippen LogP contribution in [0.3, 0.4) is 0 Å². The summed E-state index contributed by atoms with van der Waals surface area (Å²) >= 11 is 0. The number of carbonyl (C=O) groups is 1. The van der Waals surface area contributed by atoms with E-state index in [1.54, 1.807) is 13.3 Å². The Morgan fingerprint density at radius 2 is 2.20 bits per heavy atom. The van der Waals surface area contributed by atoms with Gasteiger partial charge in [-0.05, 0) is 31.9 Å². The topological polar surface area (TPSA) is 67.0 Å². The zero-order valence-corrected chi connectivity index (χ0v) is 11.9. The number of rotatable bonds is 5. The van der Waals surface area contributed by atoms with E-state index in [-0.39, 0.29) is 11.9 Å². The Hall–Kier alpha value is -2.30. The van der Waals surface area contributed by atoms with Crippen LogP contribution in [-0.4, -0.2) is 29.3 Å². The SMILES string of the molecule is COc1ccccc1CC(C)NC(=O)c1cn[nH]c1C. The van der Waals surface area contributed by atoms with Crippen molar-refractivity contribution in [2.75, 3.05) is 7.11 Å². The molecular weight excluding hydrogens is 254 g/mol. The lowest BCUT2D eigenvalue weighted by molar-refractivity contribution is 0.0939. The summed E-state index contributed by atoms with van der Waals surface area (Å²) in [5.74, 6) is 0.728. The summed E-state index contributed by atoms with van der Waals surface area (Å²) in [7, 11) is 1.65. The second kappa shape index (κ2) is 6.23. The van der Waals surface area contributed by atoms with Crippen LogP contribution in [0, 0.1) is 6.92 Å². The van der Waals surface area contributed by atoms with Crippen molar-refractivity contribution in [1.82, 2.24) is 15.5 Å². The van der Waals surface area contributed by atoms with E-state index in [9.17, 15) is 4.79 Å². The minimum atomic E-state index is -0.112. The molecule has 5 nitrogen and oxygen atoms in total. The summed E-state index contributed by atoms with van der Waals surface area (Å²) in [5.41, 5.74) is 2.43. The maximum absolute atomic E-state index is 12.1. The summed E-state index contributed by atoms with van der Waals surface area (Å²) in [6.07, 6.45) is 2.26. The number of aryl methyl sites for hydroxylation is 1. The summed E-state index contributed by atoms with van der Waals surface area (Å²) < 4.78 is 5.31. The predicted octanol–water partition coefficient (Wildman–Crippen LogP) is 2.09. The molecule has 2 rings (SSSR count). The third kappa shape index (κ3) is 3.17. The molecule has 2 aromatic rings. The van der Waals surface area contributed by atoms with Gasteiger partial charge in [0.2, 0.25) is 0 Å². The van der Waals surface area contributed by atoms with Gasteiger partial charge in [-0.25, -0.2) is 0 Å². The molecule has 1 aromatic heterocycles. The predicted molar refractivity (Wildman–Crippen MR) is 77.0 cm³/mol. The lowest BCUT2D eigenvalue weighted by Gasteiger charge is -2.15. The standard InChI is InChI=1S/C15H19N3O2/c1-10(8-12-6-4-5-7-14(12)20-3)17-15(19)13-9-16-18-11(13)2/h4-7,9-10H,8H2,1-3H3,(H,16,18)(H,17,19). The highest BCUT2D eigenvalue weighted by Crippen LogP contribution is 2.19. The molecule has 1 heterocycles. The number of aromatic amines is 1. The Morgan fingerprint density at radius 3 is 2.85 bits per heavy atom. The molecular formula is C15H19N3O2. The first kappa shape index (κ1) is 14.1. The van der Waals surface area contributed by atoms with Gasteiger partial charge in [0, 0.05) is 11.7 Å². The zero-order chi connectivity index (χ0) is 14.5. The van der Waals surface area contributed by atoms with Crippen molar-refractivity contribution < 1.29 is 9.53 Å². The number of hydrogen-bond donors (Lipinski definition) is 2. The number of para-hydroxylation sites is 1. The maximum Gasteiger partial charge on any atom is 0.254 e. The van der Waals surface area contributed by atoms with Gasteiger partial charge in [0.1, 0.15) is 5.75 Å². The first-order valence-electron chi connectivity index (χ1n) is 6.54. The number of aromatic nitrogens is 2. The number of nitrogens with one attached hydrogen (secondary N) is 2. The van der Waals surface area contributed by atoms with Gasteiger partial charge in [-0.2, -0.15) is 5.10 Å². The number of benzene rings is 1. The molecule has 0 aliphatic heterocycles. The van der Waals surface area contributed by atoms with Crippen LogP contribution in [0.1, 0.15) is 28.5 Å². The van der Waals surface area contributed by atoms with Crippen LogP contribution in [0.25, 0.3) is 0 Å². The number of methoxy groups -OCH3 is 1. The fraction of sp³-hybridized carbons (Fsp3) is 0.333. The van der Waals surface area contributed by atoms with E-state index in [2.05, 4.69) is 15.5 Å². The third-order valence-corrected chi connectivity index (χ3v) is 3.17. The van der Waals surface area contributed by atoms with Gasteiger partial charge in [0.25, 0.3) is 5.91 Å². The molecule has 0 spiro atoms. The molecule has 106 valence electrons. The molecule has 0 bridgehead atoms. The summed E-state index contributed by atoms with van der Waals surface area (Å²) in [5, 5.41) is 9.58. The molecule has 0 aliphatic carbocycles. The molecule has 1 atom stereocenters. The van der Waals surface area contributed by atoms with Crippen LogP contribution in [0.2, 0.25) is 0 Å². The van der Waals surface area contributed by atoms with E-state index in [4.69, 9.17) is 4.74 Å². The Morgan fingerprint density at radius 1 is 1.45 bits per heavy atom. The van der Waals surface area contributed by atoms with Gasteiger partial charge in [-0.1, -0.05) is 18.2 Å². The van der Waals surface area contributed by atoms with Gasteiger partial charge in [-0.15, -0.1) is 0 Å². The highest BCUT2D eigenvalue weighted by atomic mass is 16.5. The highest BCUT2D eigenvalue weighted by molar-refractivity contribution is 5.95. The smallest absolute Gasteiger partial charge is 0.254 e. The fourth-order valence-electron chi connectivity index (χ4n) is 2.13. The quantitative estimate of drug-likeness (QED) is 0.876. The van der Waals surface area contributed by atoms with E-state index >= 15 is 0 Å². The van der Waals surface area contributed by atoms with Gasteiger partial charge < -0.3 is 10.1 Å². The molecule has 1 unspecified atom stereocenters. The molecule has 5 heteroatoms. The Bertz CT molecular complexity index is 592. The second-order valence-electron chi connectivity index (χ2n) is 4.80. The molecule has 1 aromatic carbocycles. The Labute approximate surface area is 118 Å². The first-order chi connectivity index (χ1) is 9.61. The number of hydrogen-bond acceptors (Lipinski definition) is 3. The van der Waals surface area contributed by atoms with Crippen molar-refractivity contribution in [2.45, 2.75) is 26.3 Å². The number of carbonyl (C=O) groups excluding carboxylic acids is 1. The van der Waals surface area contributed by atoms with Gasteiger partial charge in [-0.3, -0.25) is 9.89 Å². The molecule has 0 radical (unpaired) electrons. The number of H-pyrrole nitrogens is 1. The van der Waals surface area contributed by atoms with E-state index in [1.165, 1.54) is 0 Å². The maximum atomic E-state index is 12.1. The third-order valence-electron chi connectivity index (χ3n) is 3.17. The lowest BCUT2D eigenvalue weighted by atomic mass is 10.1. The average Bonchev–Trinajstić information content (AvgIpc) is 2.85. The first-order valence-corrected chi connectivity index (χ1v) is 6.54. The van der Waals surface area contributed by atoms with Crippen molar-refractivity contribution in [1.29, 1.82) is 0 Å². The van der Waals surface area contributed by atoms with Crippen molar-refractivity contribution in [2.24, 2.45) is 0 Å². The van der Waals surface area contributed by atoms with E-state index in [0.717, 1.165) is 17.0 Å². The van der Waals surface area contributed by atoms with Crippen molar-refractivity contribution >= 4 is 5.91 Å². The Balaban J connectivity index is 2.01. The molecule has 0 saturated heterocycles. The summed E-state index contributed by atoms with van der Waals surface area (Å²) in [6, 6.07) is 7.83. The largest absolute Gasteiger partial charge is 0.496 e. The average molecular weight is 273 g/mol. The molecule has 1 amide bonds. The van der Waals surface area contributed by atoms with Crippen LogP contribution >= 0.6 is 0 Å². The lowest BCUT2D eigenvalue weighted by Crippen LogP contribution is -2.34. The summed E-state index contributed by atoms with van der Waals surface area (Å²) in [6.45, 7) is 3.80. The van der Waals surface area contributed by atoms with E-state index in [1.807, 2.05) is 38.1 Å². The molecule has 0 fully saturated rings. The van der Waals surface area contributed by atoms with Crippen LogP contribution in [-0.2, 0) is 6.42 Å². The number of amides is 1. The van der Waals surface area contributed by atoms with Gasteiger partial charge in [0.05, 0.1) is 18.9 Å². The minimum absolute atomic E-state index is 0.00750. The van der Waals surface area contributed by atoms with E-state index < -0.39 is 0 Å². The van der Waals surface area contributed by atoms with Crippen molar-refractivity contribution in [3.63, 3.8) is 0 Å². The fourth-order valence-corrected chi connectivity index (χ4v) is 2.13. The molecule has 20 heavy (non-hydrogen) atoms. The van der Waals surface area contributed by atoms with Crippen LogP contribution < -0.4 is 10.1 Å². The van der Waals surface area contributed by atoms with Gasteiger partial charge in [0.15, 0.2) is 0 Å². The normalized spacial score (nSPS) is 11.9. The van der Waals surface area contributed by atoms with E-state index in [0.29, 0.717) is 12.0 Å². The highest BCUT2D eigenvalue weighted by Gasteiger charge is 2.14. The minimum Gasteiger partial charge on any atom is -0.496 e. The zero-order valence-electron chi connectivity index (χ0n) is 11.9. The number of ether oxygens (including phenoxy) is 1. The summed E-state index contributed by atoms with van der Waals surface area (Å²) in [4.78, 5) is 12.1. The van der Waals surface area contributed by atoms with Gasteiger partial charge >= 0.3 is 0 Å². The molecule has 2 N–H and O–H groups in total. The van der Waals surface area contributed by atoms with Crippen LogP contribution in [0.15, 0.2) is 30.5 Å². The Kier molecular flexibility index (Phi) is 4.40. The van der Waals surface area contributed by atoms with Crippen molar-refractivity contribution in [3.05, 3.63) is 47.3 Å². The second-order valence-corrected chi connectivity index (χ2v) is 4.80. The molecule has 0 aliphatic rings. The van der Waals surface area contributed by atoms with Crippen LogP contribution in [0.5, 0.6) is 5.75 Å². The monoisotopic (exact) mass is 273 g/mol. The molecule has 0 saturated carbocycles. The van der Waals surface area contributed by atoms with Crippen molar-refractivity contribution in [3.8, 4) is 5.75 Å².